The Morgan fingerprint density at radius 3 is 2.16 bits per heavy atom. The lowest BCUT2D eigenvalue weighted by Crippen LogP contribution is -2.46. The molecule has 1 aliphatic heterocycles. The number of benzene rings is 3. The molecule has 10 nitrogen and oxygen atoms in total. The van der Waals surface area contributed by atoms with Crippen molar-refractivity contribution in [2.24, 2.45) is 0 Å². The largest absolute Gasteiger partial charge is 0.372 e. The van der Waals surface area contributed by atoms with Gasteiger partial charge in [0.1, 0.15) is 11.7 Å². The molecule has 1 fully saturated rings. The fourth-order valence-electron chi connectivity index (χ4n) is 5.12. The normalized spacial score (nSPS) is 13.3. The molecule has 2 aromatic heterocycles. The zero-order valence-electron chi connectivity index (χ0n) is 23.4. The van der Waals surface area contributed by atoms with Gasteiger partial charge in [0.05, 0.1) is 23.7 Å². The van der Waals surface area contributed by atoms with Crippen molar-refractivity contribution in [1.82, 2.24) is 15.0 Å². The fourth-order valence-corrected chi connectivity index (χ4v) is 5.43. The molecule has 0 bridgehead atoms. The second-order valence-electron chi connectivity index (χ2n) is 10.3. The van der Waals surface area contributed by atoms with Gasteiger partial charge in [-0.15, -0.1) is 0 Å². The van der Waals surface area contributed by atoms with Gasteiger partial charge in [-0.25, -0.2) is 13.4 Å². The first-order chi connectivity index (χ1) is 21.0. The summed E-state index contributed by atoms with van der Waals surface area (Å²) in [7, 11) is -2.50. The van der Waals surface area contributed by atoms with Crippen LogP contribution in [-0.2, 0) is 21.9 Å². The average molecular weight is 594 g/mol. The van der Waals surface area contributed by atoms with E-state index < -0.39 is 10.7 Å². The van der Waals surface area contributed by atoms with Crippen LogP contribution in [0.5, 0.6) is 0 Å². The summed E-state index contributed by atoms with van der Waals surface area (Å²) >= 11 is 0. The number of nitrogens with one attached hydrogen (secondary N) is 2. The number of thiol groups is 1. The minimum atomic E-state index is -2.50. The Kier molecular flexibility index (Phi) is 8.41. The van der Waals surface area contributed by atoms with E-state index in [0.717, 1.165) is 59.7 Å². The van der Waals surface area contributed by atoms with E-state index in [4.69, 9.17) is 4.98 Å². The van der Waals surface area contributed by atoms with Crippen LogP contribution in [0.1, 0.15) is 5.56 Å². The average Bonchev–Trinajstić information content (AvgIpc) is 3.05. The number of hydrogen-bond acceptors (Lipinski definition) is 9. The third-order valence-corrected chi connectivity index (χ3v) is 7.81. The summed E-state index contributed by atoms with van der Waals surface area (Å²) in [5, 5.41) is 5.75. The number of rotatable bonds is 9. The van der Waals surface area contributed by atoms with Gasteiger partial charge in [-0.3, -0.25) is 14.8 Å². The maximum absolute atomic E-state index is 12.6. The maximum atomic E-state index is 12.6. The van der Waals surface area contributed by atoms with E-state index in [2.05, 4.69) is 36.5 Å². The van der Waals surface area contributed by atoms with Gasteiger partial charge in [0.25, 0.3) is 0 Å². The van der Waals surface area contributed by atoms with Gasteiger partial charge in [0, 0.05) is 55.6 Å². The van der Waals surface area contributed by atoms with Crippen molar-refractivity contribution < 1.29 is 13.2 Å². The van der Waals surface area contributed by atoms with Crippen LogP contribution < -0.4 is 20.4 Å². The zero-order chi connectivity index (χ0) is 29.6. The molecule has 0 saturated carbocycles. The van der Waals surface area contributed by atoms with Crippen molar-refractivity contribution in [3.05, 3.63) is 103 Å². The first-order valence-electron chi connectivity index (χ1n) is 14.0. The van der Waals surface area contributed by atoms with Gasteiger partial charge < -0.3 is 20.4 Å². The van der Waals surface area contributed by atoms with E-state index in [1.807, 2.05) is 67.1 Å². The Hall–Kier alpha value is -5.03. The Labute approximate surface area is 251 Å². The predicted octanol–water partition coefficient (Wildman–Crippen LogP) is 4.18. The molecule has 3 aromatic carbocycles. The highest BCUT2D eigenvalue weighted by molar-refractivity contribution is 7.72. The minimum absolute atomic E-state index is 0.121. The topological polar surface area (TPSA) is 120 Å². The number of hydrogen-bond donors (Lipinski definition) is 3. The van der Waals surface area contributed by atoms with Crippen LogP contribution in [0.3, 0.4) is 0 Å². The molecule has 0 spiro atoms. The summed E-state index contributed by atoms with van der Waals surface area (Å²) in [4.78, 5) is 31.0. The van der Waals surface area contributed by atoms with Crippen LogP contribution in [0.4, 0.5) is 22.9 Å². The number of fused-ring (bicyclic) bond motifs is 1. The van der Waals surface area contributed by atoms with Crippen LogP contribution in [-0.4, -0.2) is 61.3 Å². The summed E-state index contributed by atoms with van der Waals surface area (Å²) in [6.45, 7) is 3.54. The number of aromatic nitrogens is 3. The van der Waals surface area contributed by atoms with E-state index in [1.54, 1.807) is 24.3 Å². The molecule has 1 amide bonds. The number of carbonyl (C=O) groups is 1. The van der Waals surface area contributed by atoms with Crippen molar-refractivity contribution in [1.29, 1.82) is 0 Å². The first kappa shape index (κ1) is 28.1. The van der Waals surface area contributed by atoms with Crippen LogP contribution in [0.2, 0.25) is 0 Å². The van der Waals surface area contributed by atoms with Gasteiger partial charge in [0.2, 0.25) is 5.91 Å². The molecule has 1 aliphatic rings. The molecule has 0 radical (unpaired) electrons. The standard InChI is InChI=1S/C32H31N7O3S/c40-32(19-23-1-6-26(7-2-23)35-22-43(41)42)36-27-8-3-24(4-9-27)25-5-10-29-30(20-25)37-31(21-34-29)39-17-15-38(16-18-39)28-11-13-33-14-12-28/h1-14,20-21,35,43H,15-19,22H2,(H,36,40). The highest BCUT2D eigenvalue weighted by atomic mass is 32.2. The molecule has 0 aliphatic carbocycles. The van der Waals surface area contributed by atoms with Gasteiger partial charge in [-0.1, -0.05) is 30.3 Å². The third kappa shape index (κ3) is 7.07. The van der Waals surface area contributed by atoms with Crippen molar-refractivity contribution >= 4 is 50.5 Å². The number of carbonyl (C=O) groups excluding carboxylic acids is 1. The Morgan fingerprint density at radius 1 is 0.767 bits per heavy atom. The van der Waals surface area contributed by atoms with Crippen LogP contribution in [0.25, 0.3) is 22.2 Å². The molecule has 43 heavy (non-hydrogen) atoms. The summed E-state index contributed by atoms with van der Waals surface area (Å²) in [5.74, 6) is 0.623. The molecular formula is C32H31N7O3S. The molecule has 0 atom stereocenters. The molecule has 6 rings (SSSR count). The fraction of sp³-hybridized carbons (Fsp3) is 0.188. The SMILES string of the molecule is O=C(Cc1ccc(NC[SH](=O)=O)cc1)Nc1ccc(-c2ccc3ncc(N4CCN(c5ccncc5)CC4)nc3c2)cc1. The quantitative estimate of drug-likeness (QED) is 0.216. The van der Waals surface area contributed by atoms with E-state index in [0.29, 0.717) is 11.4 Å². The maximum Gasteiger partial charge on any atom is 0.228 e. The summed E-state index contributed by atoms with van der Waals surface area (Å²) in [6.07, 6.45) is 5.71. The number of piperazine rings is 1. The van der Waals surface area contributed by atoms with Gasteiger partial charge in [0.15, 0.2) is 10.7 Å². The van der Waals surface area contributed by atoms with Gasteiger partial charge >= 0.3 is 0 Å². The molecule has 3 heterocycles. The second-order valence-corrected chi connectivity index (χ2v) is 11.3. The number of anilines is 4. The third-order valence-electron chi connectivity index (χ3n) is 7.39. The van der Waals surface area contributed by atoms with E-state index >= 15 is 0 Å². The van der Waals surface area contributed by atoms with Gasteiger partial charge in [-0.05, 0) is 65.2 Å². The van der Waals surface area contributed by atoms with Crippen molar-refractivity contribution in [2.45, 2.75) is 6.42 Å². The Morgan fingerprint density at radius 2 is 1.44 bits per heavy atom. The molecule has 1 saturated heterocycles. The smallest absolute Gasteiger partial charge is 0.228 e. The lowest BCUT2D eigenvalue weighted by Gasteiger charge is -2.36. The van der Waals surface area contributed by atoms with Crippen molar-refractivity contribution in [3.8, 4) is 11.1 Å². The zero-order valence-corrected chi connectivity index (χ0v) is 24.3. The number of amides is 1. The van der Waals surface area contributed by atoms with Crippen LogP contribution >= 0.6 is 0 Å². The number of nitrogens with zero attached hydrogens (tertiary/aromatic N) is 5. The monoisotopic (exact) mass is 593 g/mol. The van der Waals surface area contributed by atoms with Crippen molar-refractivity contribution in [2.75, 3.05) is 52.5 Å². The summed E-state index contributed by atoms with van der Waals surface area (Å²) in [5.41, 5.74) is 7.14. The van der Waals surface area contributed by atoms with Crippen molar-refractivity contribution in [3.63, 3.8) is 0 Å². The summed E-state index contributed by atoms with van der Waals surface area (Å²) < 4.78 is 21.5. The van der Waals surface area contributed by atoms with E-state index in [9.17, 15) is 13.2 Å². The first-order valence-corrected chi connectivity index (χ1v) is 15.4. The highest BCUT2D eigenvalue weighted by Crippen LogP contribution is 2.26. The van der Waals surface area contributed by atoms with E-state index in [-0.39, 0.29) is 18.2 Å². The minimum Gasteiger partial charge on any atom is -0.372 e. The Bertz CT molecular complexity index is 1780. The van der Waals surface area contributed by atoms with Crippen LogP contribution in [0.15, 0.2) is 97.5 Å². The predicted molar refractivity (Wildman–Crippen MR) is 171 cm³/mol. The highest BCUT2D eigenvalue weighted by Gasteiger charge is 2.19. The molecular weight excluding hydrogens is 562 g/mol. The summed E-state index contributed by atoms with van der Waals surface area (Å²) in [6, 6.07) is 25.0. The molecule has 5 aromatic rings. The molecule has 2 N–H and O–H groups in total. The lowest BCUT2D eigenvalue weighted by atomic mass is 10.0. The molecule has 218 valence electrons. The number of pyridine rings is 1. The van der Waals surface area contributed by atoms with Crippen LogP contribution in [0, 0.1) is 0 Å². The Balaban J connectivity index is 1.07. The lowest BCUT2D eigenvalue weighted by molar-refractivity contribution is -0.115. The second kappa shape index (κ2) is 12.9. The van der Waals surface area contributed by atoms with Gasteiger partial charge in [-0.2, -0.15) is 0 Å². The molecule has 0 unspecified atom stereocenters. The van der Waals surface area contributed by atoms with E-state index in [1.165, 1.54) is 5.69 Å². The molecule has 11 heteroatoms.